The number of piperidine rings is 1. The highest BCUT2D eigenvalue weighted by Crippen LogP contribution is 2.29. The van der Waals surface area contributed by atoms with E-state index in [1.54, 1.807) is 7.11 Å². The van der Waals surface area contributed by atoms with Crippen LogP contribution in [0.3, 0.4) is 0 Å². The van der Waals surface area contributed by atoms with Crippen LogP contribution in [0.2, 0.25) is 0 Å². The number of fused-ring (bicyclic) bond motifs is 1. The largest absolute Gasteiger partial charge is 0.497 e. The molecule has 1 aromatic heterocycles. The minimum absolute atomic E-state index is 0.0451. The summed E-state index contributed by atoms with van der Waals surface area (Å²) in [5, 5.41) is 0. The van der Waals surface area contributed by atoms with E-state index in [1.165, 1.54) is 17.8 Å². The summed E-state index contributed by atoms with van der Waals surface area (Å²) in [5.74, 6) is 1.86. The SMILES string of the molecule is COc1ccc(N2CCN(C(=O)C3CCN(c4nc5ccccc5n4Cc4ccc(F)cc4)CC3)CC2)cc1. The molecule has 0 aliphatic carbocycles. The number of carbonyl (C=O) groups is 1. The number of hydrogen-bond acceptors (Lipinski definition) is 5. The van der Waals surface area contributed by atoms with Crippen molar-refractivity contribution in [3.63, 3.8) is 0 Å². The number of amides is 1. The second kappa shape index (κ2) is 11.0. The zero-order chi connectivity index (χ0) is 26.8. The van der Waals surface area contributed by atoms with Crippen molar-refractivity contribution < 1.29 is 13.9 Å². The molecule has 0 radical (unpaired) electrons. The number of aromatic nitrogens is 2. The summed E-state index contributed by atoms with van der Waals surface area (Å²) >= 11 is 0. The van der Waals surface area contributed by atoms with Crippen LogP contribution in [0.15, 0.2) is 72.8 Å². The topological polar surface area (TPSA) is 53.8 Å². The Bertz CT molecular complexity index is 1420. The van der Waals surface area contributed by atoms with Crippen LogP contribution in [0.25, 0.3) is 11.0 Å². The molecule has 1 amide bonds. The van der Waals surface area contributed by atoms with Gasteiger partial charge in [-0.3, -0.25) is 4.79 Å². The van der Waals surface area contributed by atoms with Crippen LogP contribution in [0.4, 0.5) is 16.0 Å². The molecular formula is C31H34FN5O2. The van der Waals surface area contributed by atoms with Gasteiger partial charge in [0.1, 0.15) is 11.6 Å². The average molecular weight is 528 g/mol. The lowest BCUT2D eigenvalue weighted by Crippen LogP contribution is -2.51. The molecule has 6 rings (SSSR count). The standard InChI is InChI=1S/C31H34FN5O2/c1-39-27-12-10-26(11-13-27)34-18-20-35(21-19-34)30(38)24-14-16-36(17-15-24)31-33-28-4-2-3-5-29(28)37(31)22-23-6-8-25(32)9-7-23/h2-13,24H,14-22H2,1H3. The fourth-order valence-electron chi connectivity index (χ4n) is 5.80. The maximum absolute atomic E-state index is 13.5. The highest BCUT2D eigenvalue weighted by atomic mass is 19.1. The van der Waals surface area contributed by atoms with Crippen LogP contribution in [0.1, 0.15) is 18.4 Å². The van der Waals surface area contributed by atoms with Crippen molar-refractivity contribution in [1.82, 2.24) is 14.5 Å². The van der Waals surface area contributed by atoms with E-state index in [0.717, 1.165) is 80.4 Å². The van der Waals surface area contributed by atoms with Gasteiger partial charge in [0, 0.05) is 50.9 Å². The van der Waals surface area contributed by atoms with E-state index in [0.29, 0.717) is 6.54 Å². The third-order valence-corrected chi connectivity index (χ3v) is 8.04. The predicted octanol–water partition coefficient (Wildman–Crippen LogP) is 4.80. The van der Waals surface area contributed by atoms with Gasteiger partial charge < -0.3 is 24.0 Å². The molecule has 7 nitrogen and oxygen atoms in total. The van der Waals surface area contributed by atoms with Crippen molar-refractivity contribution in [2.75, 3.05) is 56.2 Å². The summed E-state index contributed by atoms with van der Waals surface area (Å²) in [4.78, 5) is 25.1. The molecule has 0 atom stereocenters. The van der Waals surface area contributed by atoms with Crippen molar-refractivity contribution in [2.45, 2.75) is 19.4 Å². The molecule has 0 N–H and O–H groups in total. The zero-order valence-electron chi connectivity index (χ0n) is 22.3. The predicted molar refractivity (Wildman–Crippen MR) is 152 cm³/mol. The summed E-state index contributed by atoms with van der Waals surface area (Å²) in [5.41, 5.74) is 4.20. The van der Waals surface area contributed by atoms with Gasteiger partial charge in [-0.15, -0.1) is 0 Å². The smallest absolute Gasteiger partial charge is 0.225 e. The van der Waals surface area contributed by atoms with Gasteiger partial charge in [-0.25, -0.2) is 9.37 Å². The third kappa shape index (κ3) is 5.28. The van der Waals surface area contributed by atoms with Crippen LogP contribution in [-0.2, 0) is 11.3 Å². The number of methoxy groups -OCH3 is 1. The number of ether oxygens (including phenoxy) is 1. The molecule has 2 aliphatic rings. The first kappa shape index (κ1) is 25.2. The van der Waals surface area contributed by atoms with E-state index in [1.807, 2.05) is 47.4 Å². The number of para-hydroxylation sites is 2. The van der Waals surface area contributed by atoms with Gasteiger partial charge in [-0.1, -0.05) is 24.3 Å². The summed E-state index contributed by atoms with van der Waals surface area (Å²) in [7, 11) is 1.67. The van der Waals surface area contributed by atoms with Crippen LogP contribution in [0.5, 0.6) is 5.75 Å². The lowest BCUT2D eigenvalue weighted by Gasteiger charge is -2.39. The zero-order valence-corrected chi connectivity index (χ0v) is 22.3. The van der Waals surface area contributed by atoms with Crippen molar-refractivity contribution in [3.05, 3.63) is 84.2 Å². The summed E-state index contributed by atoms with van der Waals surface area (Å²) in [6.07, 6.45) is 1.63. The maximum Gasteiger partial charge on any atom is 0.225 e. The molecule has 0 saturated carbocycles. The Balaban J connectivity index is 1.09. The van der Waals surface area contributed by atoms with E-state index in [9.17, 15) is 9.18 Å². The Morgan fingerprint density at radius 1 is 0.872 bits per heavy atom. The molecule has 2 saturated heterocycles. The third-order valence-electron chi connectivity index (χ3n) is 8.04. The number of halogens is 1. The molecule has 4 aromatic rings. The number of carbonyl (C=O) groups excluding carboxylic acids is 1. The maximum atomic E-state index is 13.5. The van der Waals surface area contributed by atoms with Crippen molar-refractivity contribution in [2.24, 2.45) is 5.92 Å². The quantitative estimate of drug-likeness (QED) is 0.361. The number of rotatable bonds is 6. The van der Waals surface area contributed by atoms with Gasteiger partial charge in [0.15, 0.2) is 0 Å². The Kier molecular flexibility index (Phi) is 7.09. The van der Waals surface area contributed by atoms with E-state index in [2.05, 4.69) is 32.6 Å². The van der Waals surface area contributed by atoms with E-state index >= 15 is 0 Å². The Hall–Kier alpha value is -4.07. The molecular weight excluding hydrogens is 493 g/mol. The highest BCUT2D eigenvalue weighted by molar-refractivity contribution is 5.80. The van der Waals surface area contributed by atoms with E-state index in [4.69, 9.17) is 9.72 Å². The molecule has 0 spiro atoms. The first-order valence-electron chi connectivity index (χ1n) is 13.7. The normalized spacial score (nSPS) is 16.6. The molecule has 8 heteroatoms. The lowest BCUT2D eigenvalue weighted by atomic mass is 9.95. The minimum atomic E-state index is -0.233. The number of imidazole rings is 1. The fourth-order valence-corrected chi connectivity index (χ4v) is 5.80. The monoisotopic (exact) mass is 527 g/mol. The summed E-state index contributed by atoms with van der Waals surface area (Å²) < 4.78 is 21.0. The van der Waals surface area contributed by atoms with Gasteiger partial charge in [0.05, 0.1) is 24.7 Å². The first-order chi connectivity index (χ1) is 19.1. The van der Waals surface area contributed by atoms with Gasteiger partial charge in [-0.05, 0) is 66.9 Å². The molecule has 0 bridgehead atoms. The molecule has 3 heterocycles. The molecule has 0 unspecified atom stereocenters. The second-order valence-electron chi connectivity index (χ2n) is 10.4. The lowest BCUT2D eigenvalue weighted by molar-refractivity contribution is -0.136. The van der Waals surface area contributed by atoms with Crippen molar-refractivity contribution in [3.8, 4) is 5.75 Å². The number of benzene rings is 3. The average Bonchev–Trinajstić information content (AvgIpc) is 3.36. The number of anilines is 2. The highest BCUT2D eigenvalue weighted by Gasteiger charge is 2.32. The van der Waals surface area contributed by atoms with Gasteiger partial charge in [0.2, 0.25) is 11.9 Å². The molecule has 3 aromatic carbocycles. The van der Waals surface area contributed by atoms with Crippen LogP contribution in [0, 0.1) is 11.7 Å². The van der Waals surface area contributed by atoms with E-state index in [-0.39, 0.29) is 17.6 Å². The molecule has 2 fully saturated rings. The second-order valence-corrected chi connectivity index (χ2v) is 10.4. The molecule has 202 valence electrons. The van der Waals surface area contributed by atoms with Crippen LogP contribution in [-0.4, -0.2) is 66.7 Å². The van der Waals surface area contributed by atoms with Crippen LogP contribution >= 0.6 is 0 Å². The van der Waals surface area contributed by atoms with Gasteiger partial charge in [-0.2, -0.15) is 0 Å². The van der Waals surface area contributed by atoms with Crippen LogP contribution < -0.4 is 14.5 Å². The minimum Gasteiger partial charge on any atom is -0.497 e. The van der Waals surface area contributed by atoms with Crippen molar-refractivity contribution >= 4 is 28.6 Å². The Morgan fingerprint density at radius 3 is 2.26 bits per heavy atom. The van der Waals surface area contributed by atoms with E-state index < -0.39 is 0 Å². The summed E-state index contributed by atoms with van der Waals surface area (Å²) in [6.45, 7) is 5.36. The Labute approximate surface area is 228 Å². The number of piperazine rings is 1. The molecule has 2 aliphatic heterocycles. The summed E-state index contributed by atoms with van der Waals surface area (Å²) in [6, 6.07) is 22.9. The number of nitrogens with zero attached hydrogens (tertiary/aromatic N) is 5. The molecule has 39 heavy (non-hydrogen) atoms. The van der Waals surface area contributed by atoms with Gasteiger partial charge >= 0.3 is 0 Å². The Morgan fingerprint density at radius 2 is 1.56 bits per heavy atom. The van der Waals surface area contributed by atoms with Gasteiger partial charge in [0.25, 0.3) is 0 Å². The van der Waals surface area contributed by atoms with Crippen molar-refractivity contribution in [1.29, 1.82) is 0 Å². The number of hydrogen-bond donors (Lipinski definition) is 0. The first-order valence-corrected chi connectivity index (χ1v) is 13.7. The fraction of sp³-hybridized carbons (Fsp3) is 0.355.